The maximum atomic E-state index is 11.3. The van der Waals surface area contributed by atoms with Crippen LogP contribution in [0.1, 0.15) is 18.4 Å². The molecule has 4 heteroatoms. The van der Waals surface area contributed by atoms with Gasteiger partial charge < -0.3 is 14.8 Å². The summed E-state index contributed by atoms with van der Waals surface area (Å²) < 4.78 is 4.55. The van der Waals surface area contributed by atoms with Gasteiger partial charge in [-0.15, -0.1) is 0 Å². The first-order chi connectivity index (χ1) is 8.15. The molecule has 0 unspecified atom stereocenters. The van der Waals surface area contributed by atoms with E-state index in [-0.39, 0.29) is 5.92 Å². The van der Waals surface area contributed by atoms with Gasteiger partial charge in [0.1, 0.15) is 0 Å². The topological polar surface area (TPSA) is 62.3 Å². The fourth-order valence-corrected chi connectivity index (χ4v) is 2.00. The summed E-state index contributed by atoms with van der Waals surface area (Å²) in [5, 5.41) is 10.9. The average Bonchev–Trinajstić information content (AvgIpc) is 2.83. The molecule has 0 amide bonds. The Balaban J connectivity index is 2.39. The molecule has 2 aromatic rings. The number of esters is 1. The highest BCUT2D eigenvalue weighted by atomic mass is 16.5. The highest BCUT2D eigenvalue weighted by molar-refractivity contribution is 5.85. The molecule has 4 nitrogen and oxygen atoms in total. The van der Waals surface area contributed by atoms with Gasteiger partial charge in [-0.25, -0.2) is 4.79 Å². The largest absolute Gasteiger partial charge is 0.467 e. The van der Waals surface area contributed by atoms with Crippen LogP contribution < -0.4 is 0 Å². The first-order valence-electron chi connectivity index (χ1n) is 5.47. The van der Waals surface area contributed by atoms with Crippen LogP contribution >= 0.6 is 0 Å². The van der Waals surface area contributed by atoms with E-state index in [9.17, 15) is 9.90 Å². The molecule has 2 atom stereocenters. The van der Waals surface area contributed by atoms with Crippen LogP contribution in [-0.4, -0.2) is 29.3 Å². The average molecular weight is 233 g/mol. The Morgan fingerprint density at radius 3 is 2.88 bits per heavy atom. The molecular formula is C13H15NO3. The van der Waals surface area contributed by atoms with Gasteiger partial charge in [-0.3, -0.25) is 0 Å². The van der Waals surface area contributed by atoms with Crippen LogP contribution in [0.4, 0.5) is 0 Å². The van der Waals surface area contributed by atoms with Crippen molar-refractivity contribution in [2.45, 2.75) is 18.9 Å². The molecule has 0 aliphatic carbocycles. The van der Waals surface area contributed by atoms with E-state index in [1.165, 1.54) is 7.11 Å². The summed E-state index contributed by atoms with van der Waals surface area (Å²) in [5.41, 5.74) is 1.92. The second kappa shape index (κ2) is 4.59. The lowest BCUT2D eigenvalue weighted by Crippen LogP contribution is -2.27. The van der Waals surface area contributed by atoms with Gasteiger partial charge in [0.2, 0.25) is 0 Å². The van der Waals surface area contributed by atoms with E-state index in [4.69, 9.17) is 0 Å². The van der Waals surface area contributed by atoms with E-state index in [0.717, 1.165) is 16.5 Å². The van der Waals surface area contributed by atoms with Crippen LogP contribution in [0, 0.1) is 0 Å². The number of benzene rings is 1. The number of carbonyl (C=O) groups is 1. The minimum atomic E-state index is -1.14. The number of aliphatic hydroxyl groups excluding tert-OH is 1. The molecule has 1 aromatic carbocycles. The Morgan fingerprint density at radius 2 is 2.18 bits per heavy atom. The molecule has 2 rings (SSSR count). The van der Waals surface area contributed by atoms with Gasteiger partial charge in [-0.2, -0.15) is 0 Å². The molecule has 90 valence electrons. The van der Waals surface area contributed by atoms with Crippen LogP contribution in [0.5, 0.6) is 0 Å². The maximum Gasteiger partial charge on any atom is 0.335 e. The van der Waals surface area contributed by atoms with Gasteiger partial charge in [0.05, 0.1) is 7.11 Å². The standard InChI is InChI=1S/C13H15NO3/c1-8(12(15)13(16)17-2)9-4-3-5-11-10(9)6-7-14-11/h3-8,12,14-15H,1-2H3/t8-,12+/m1/s1. The van der Waals surface area contributed by atoms with E-state index in [0.29, 0.717) is 0 Å². The van der Waals surface area contributed by atoms with Crippen LogP contribution in [0.2, 0.25) is 0 Å². The summed E-state index contributed by atoms with van der Waals surface area (Å²) in [6.45, 7) is 1.81. The Kier molecular flexibility index (Phi) is 3.15. The van der Waals surface area contributed by atoms with E-state index in [1.54, 1.807) is 0 Å². The van der Waals surface area contributed by atoms with E-state index >= 15 is 0 Å². The normalized spacial score (nSPS) is 14.5. The maximum absolute atomic E-state index is 11.3. The molecule has 1 aromatic heterocycles. The van der Waals surface area contributed by atoms with Crippen molar-refractivity contribution in [3.63, 3.8) is 0 Å². The summed E-state index contributed by atoms with van der Waals surface area (Å²) in [6, 6.07) is 7.70. The predicted octanol–water partition coefficient (Wildman–Crippen LogP) is 1.81. The van der Waals surface area contributed by atoms with Crippen molar-refractivity contribution in [2.75, 3.05) is 7.11 Å². The minimum absolute atomic E-state index is 0.304. The highest BCUT2D eigenvalue weighted by Crippen LogP contribution is 2.27. The number of hydrogen-bond acceptors (Lipinski definition) is 3. The summed E-state index contributed by atoms with van der Waals surface area (Å²) in [6.07, 6.45) is 0.700. The monoisotopic (exact) mass is 233 g/mol. The van der Waals surface area contributed by atoms with E-state index < -0.39 is 12.1 Å². The van der Waals surface area contributed by atoms with Crippen molar-refractivity contribution in [1.29, 1.82) is 0 Å². The van der Waals surface area contributed by atoms with Crippen molar-refractivity contribution in [3.05, 3.63) is 36.0 Å². The lowest BCUT2D eigenvalue weighted by atomic mass is 9.92. The number of aromatic amines is 1. The number of rotatable bonds is 3. The number of hydrogen-bond donors (Lipinski definition) is 2. The van der Waals surface area contributed by atoms with Gasteiger partial charge in [-0.1, -0.05) is 19.1 Å². The molecule has 0 spiro atoms. The third kappa shape index (κ3) is 2.03. The van der Waals surface area contributed by atoms with Crippen molar-refractivity contribution < 1.29 is 14.6 Å². The summed E-state index contributed by atoms with van der Waals surface area (Å²) in [7, 11) is 1.27. The van der Waals surface area contributed by atoms with Crippen molar-refractivity contribution >= 4 is 16.9 Å². The molecule has 0 radical (unpaired) electrons. The Bertz CT molecular complexity index is 532. The Hall–Kier alpha value is -1.81. The summed E-state index contributed by atoms with van der Waals surface area (Å²) >= 11 is 0. The fraction of sp³-hybridized carbons (Fsp3) is 0.308. The van der Waals surface area contributed by atoms with Gasteiger partial charge in [0, 0.05) is 23.0 Å². The zero-order chi connectivity index (χ0) is 12.4. The molecule has 1 heterocycles. The van der Waals surface area contributed by atoms with Gasteiger partial charge in [-0.05, 0) is 17.7 Å². The highest BCUT2D eigenvalue weighted by Gasteiger charge is 2.25. The molecular weight excluding hydrogens is 218 g/mol. The zero-order valence-corrected chi connectivity index (χ0v) is 9.81. The summed E-state index contributed by atoms with van der Waals surface area (Å²) in [4.78, 5) is 14.4. The lowest BCUT2D eigenvalue weighted by molar-refractivity contribution is -0.151. The van der Waals surface area contributed by atoms with Crippen molar-refractivity contribution in [2.24, 2.45) is 0 Å². The molecule has 0 saturated carbocycles. The number of methoxy groups -OCH3 is 1. The molecule has 0 bridgehead atoms. The van der Waals surface area contributed by atoms with E-state index in [2.05, 4.69) is 9.72 Å². The van der Waals surface area contributed by atoms with E-state index in [1.807, 2.05) is 37.4 Å². The quantitative estimate of drug-likeness (QED) is 0.795. The van der Waals surface area contributed by atoms with Crippen LogP contribution in [0.15, 0.2) is 30.5 Å². The third-order valence-corrected chi connectivity index (χ3v) is 3.04. The van der Waals surface area contributed by atoms with Crippen LogP contribution in [0.3, 0.4) is 0 Å². The summed E-state index contributed by atoms with van der Waals surface area (Å²) in [5.74, 6) is -0.910. The van der Waals surface area contributed by atoms with Crippen LogP contribution in [0.25, 0.3) is 10.9 Å². The number of fused-ring (bicyclic) bond motifs is 1. The first kappa shape index (κ1) is 11.7. The van der Waals surface area contributed by atoms with Gasteiger partial charge >= 0.3 is 5.97 Å². The number of aromatic nitrogens is 1. The van der Waals surface area contributed by atoms with Crippen LogP contribution in [-0.2, 0) is 9.53 Å². The number of ether oxygens (including phenoxy) is 1. The molecule has 0 fully saturated rings. The Labute approximate surface area is 99.2 Å². The molecule has 2 N–H and O–H groups in total. The van der Waals surface area contributed by atoms with Crippen molar-refractivity contribution in [3.8, 4) is 0 Å². The second-order valence-corrected chi connectivity index (χ2v) is 4.04. The predicted molar refractivity (Wildman–Crippen MR) is 64.7 cm³/mol. The molecule has 0 saturated heterocycles. The zero-order valence-electron chi connectivity index (χ0n) is 9.81. The van der Waals surface area contributed by atoms with Gasteiger partial charge in [0.15, 0.2) is 6.10 Å². The number of carbonyl (C=O) groups excluding carboxylic acids is 1. The number of aliphatic hydroxyl groups is 1. The smallest absolute Gasteiger partial charge is 0.335 e. The second-order valence-electron chi connectivity index (χ2n) is 4.04. The Morgan fingerprint density at radius 1 is 1.41 bits per heavy atom. The van der Waals surface area contributed by atoms with Gasteiger partial charge in [0.25, 0.3) is 0 Å². The molecule has 17 heavy (non-hydrogen) atoms. The third-order valence-electron chi connectivity index (χ3n) is 3.04. The minimum Gasteiger partial charge on any atom is -0.467 e. The fourth-order valence-electron chi connectivity index (χ4n) is 2.00. The SMILES string of the molecule is COC(=O)[C@@H](O)[C@H](C)c1cccc2[nH]ccc12. The number of nitrogens with one attached hydrogen (secondary N) is 1. The van der Waals surface area contributed by atoms with Crippen molar-refractivity contribution in [1.82, 2.24) is 4.98 Å². The molecule has 0 aliphatic heterocycles. The lowest BCUT2D eigenvalue weighted by Gasteiger charge is -2.17. The first-order valence-corrected chi connectivity index (χ1v) is 5.47. The molecule has 0 aliphatic rings. The number of H-pyrrole nitrogens is 1.